The van der Waals surface area contributed by atoms with Crippen LogP contribution in [0.4, 0.5) is 13.2 Å². The number of nitrogens with zero attached hydrogens (tertiary/aromatic N) is 5. The smallest absolute Gasteiger partial charge is 0.452 e. The molecule has 3 heterocycles. The van der Waals surface area contributed by atoms with Gasteiger partial charge in [-0.2, -0.15) is 13.2 Å². The van der Waals surface area contributed by atoms with Gasteiger partial charge in [0.1, 0.15) is 12.1 Å². The van der Waals surface area contributed by atoms with Crippen LogP contribution in [-0.4, -0.2) is 37.1 Å². The lowest BCUT2D eigenvalue weighted by Crippen LogP contribution is -2.12. The number of pyridine rings is 1. The minimum absolute atomic E-state index is 0.00282. The topological polar surface area (TPSA) is 65.2 Å². The Hall–Kier alpha value is -2.16. The van der Waals surface area contributed by atoms with Crippen LogP contribution in [0.5, 0.6) is 5.88 Å². The monoisotopic (exact) mass is 317 g/mol. The van der Waals surface area contributed by atoms with Crippen molar-refractivity contribution in [1.29, 1.82) is 0 Å². The first kappa shape index (κ1) is 13.8. The summed E-state index contributed by atoms with van der Waals surface area (Å²) in [5.41, 5.74) is 0.0848. The third-order valence-electron chi connectivity index (χ3n) is 2.62. The van der Waals surface area contributed by atoms with Gasteiger partial charge in [-0.1, -0.05) is 0 Å². The minimum atomic E-state index is -4.67. The molecule has 0 aliphatic heterocycles. The first-order chi connectivity index (χ1) is 10.0. The number of alkyl halides is 4. The molecule has 21 heavy (non-hydrogen) atoms. The normalized spacial score (nSPS) is 12.2. The van der Waals surface area contributed by atoms with Crippen molar-refractivity contribution in [2.24, 2.45) is 0 Å². The minimum Gasteiger partial charge on any atom is -0.474 e. The zero-order valence-corrected chi connectivity index (χ0v) is 11.1. The SMILES string of the molecule is FC(F)(F)c1nnc2c(OCCCl)nc3cccnc3n12. The van der Waals surface area contributed by atoms with E-state index in [9.17, 15) is 13.2 Å². The molecular weight excluding hydrogens is 311 g/mol. The van der Waals surface area contributed by atoms with E-state index >= 15 is 0 Å². The number of rotatable bonds is 3. The first-order valence-corrected chi connectivity index (χ1v) is 6.31. The van der Waals surface area contributed by atoms with E-state index in [4.69, 9.17) is 16.3 Å². The molecule has 0 bridgehead atoms. The Labute approximate surface area is 120 Å². The highest BCUT2D eigenvalue weighted by Gasteiger charge is 2.38. The molecule has 0 amide bonds. The highest BCUT2D eigenvalue weighted by Crippen LogP contribution is 2.31. The zero-order valence-electron chi connectivity index (χ0n) is 10.3. The molecular formula is C11H7ClF3N5O. The second kappa shape index (κ2) is 4.99. The van der Waals surface area contributed by atoms with E-state index in [1.165, 1.54) is 12.3 Å². The largest absolute Gasteiger partial charge is 0.474 e. The van der Waals surface area contributed by atoms with Crippen LogP contribution in [0.25, 0.3) is 16.8 Å². The van der Waals surface area contributed by atoms with Crippen LogP contribution in [0.1, 0.15) is 5.82 Å². The van der Waals surface area contributed by atoms with Crippen LogP contribution < -0.4 is 4.74 Å². The number of hydrogen-bond acceptors (Lipinski definition) is 5. The van der Waals surface area contributed by atoms with Gasteiger partial charge in [0.25, 0.3) is 5.88 Å². The van der Waals surface area contributed by atoms with Gasteiger partial charge in [-0.3, -0.25) is 0 Å². The van der Waals surface area contributed by atoms with Crippen LogP contribution in [0.15, 0.2) is 18.3 Å². The lowest BCUT2D eigenvalue weighted by Gasteiger charge is -2.09. The summed E-state index contributed by atoms with van der Waals surface area (Å²) in [5.74, 6) is -1.09. The van der Waals surface area contributed by atoms with Gasteiger partial charge in [-0.15, -0.1) is 21.8 Å². The molecule has 0 radical (unpaired) electrons. The first-order valence-electron chi connectivity index (χ1n) is 5.78. The Balaban J connectivity index is 2.36. The van der Waals surface area contributed by atoms with E-state index in [1.807, 2.05) is 0 Å². The van der Waals surface area contributed by atoms with E-state index in [1.54, 1.807) is 6.07 Å². The molecule has 3 aromatic rings. The van der Waals surface area contributed by atoms with Gasteiger partial charge in [0.05, 0.1) is 5.88 Å². The van der Waals surface area contributed by atoms with Crippen LogP contribution >= 0.6 is 11.6 Å². The quantitative estimate of drug-likeness (QED) is 0.694. The molecule has 0 aliphatic carbocycles. The predicted octanol–water partition coefficient (Wildman–Crippen LogP) is 2.31. The average molecular weight is 318 g/mol. The van der Waals surface area contributed by atoms with Crippen LogP contribution in [0.2, 0.25) is 0 Å². The maximum Gasteiger partial charge on any atom is 0.452 e. The molecule has 0 spiro atoms. The molecule has 0 saturated heterocycles. The number of hydrogen-bond donors (Lipinski definition) is 0. The number of fused-ring (bicyclic) bond motifs is 3. The molecule has 0 fully saturated rings. The van der Waals surface area contributed by atoms with Crippen LogP contribution in [-0.2, 0) is 6.18 Å². The Morgan fingerprint density at radius 3 is 2.76 bits per heavy atom. The lowest BCUT2D eigenvalue weighted by atomic mass is 10.4. The molecule has 6 nitrogen and oxygen atoms in total. The molecule has 110 valence electrons. The molecule has 3 rings (SSSR count). The summed E-state index contributed by atoms with van der Waals surface area (Å²) in [4.78, 5) is 8.02. The van der Waals surface area contributed by atoms with Crippen molar-refractivity contribution in [2.45, 2.75) is 6.18 Å². The van der Waals surface area contributed by atoms with Crippen molar-refractivity contribution in [3.63, 3.8) is 0 Å². The molecule has 0 unspecified atom stereocenters. The average Bonchev–Trinajstić information content (AvgIpc) is 2.90. The summed E-state index contributed by atoms with van der Waals surface area (Å²) in [6.07, 6.45) is -3.31. The highest BCUT2D eigenvalue weighted by molar-refractivity contribution is 6.18. The van der Waals surface area contributed by atoms with Gasteiger partial charge >= 0.3 is 6.18 Å². The number of halogens is 4. The van der Waals surface area contributed by atoms with Crippen molar-refractivity contribution in [3.8, 4) is 5.88 Å². The molecule has 0 aromatic carbocycles. The summed E-state index contributed by atoms with van der Waals surface area (Å²) in [5, 5.41) is 6.69. The van der Waals surface area contributed by atoms with Crippen molar-refractivity contribution < 1.29 is 17.9 Å². The molecule has 0 N–H and O–H groups in total. The fraction of sp³-hybridized carbons (Fsp3) is 0.273. The maximum absolute atomic E-state index is 13.0. The van der Waals surface area contributed by atoms with Crippen molar-refractivity contribution in [1.82, 2.24) is 24.6 Å². The van der Waals surface area contributed by atoms with Gasteiger partial charge in [0, 0.05) is 6.20 Å². The van der Waals surface area contributed by atoms with E-state index in [0.717, 1.165) is 4.40 Å². The van der Waals surface area contributed by atoms with E-state index in [2.05, 4.69) is 20.2 Å². The molecule has 3 aromatic heterocycles. The second-order valence-electron chi connectivity index (χ2n) is 3.98. The fourth-order valence-electron chi connectivity index (χ4n) is 1.85. The van der Waals surface area contributed by atoms with Gasteiger partial charge in [-0.05, 0) is 12.1 Å². The Morgan fingerprint density at radius 2 is 2.05 bits per heavy atom. The van der Waals surface area contributed by atoms with Crippen LogP contribution in [0.3, 0.4) is 0 Å². The van der Waals surface area contributed by atoms with E-state index in [0.29, 0.717) is 0 Å². The Kier molecular flexibility index (Phi) is 3.28. The second-order valence-corrected chi connectivity index (χ2v) is 4.36. The third-order valence-corrected chi connectivity index (χ3v) is 2.78. The van der Waals surface area contributed by atoms with Crippen molar-refractivity contribution in [3.05, 3.63) is 24.2 Å². The molecule has 0 saturated carbocycles. The van der Waals surface area contributed by atoms with Crippen molar-refractivity contribution in [2.75, 3.05) is 12.5 Å². The van der Waals surface area contributed by atoms with Crippen LogP contribution in [0, 0.1) is 0 Å². The lowest BCUT2D eigenvalue weighted by molar-refractivity contribution is -0.145. The van der Waals surface area contributed by atoms with Gasteiger partial charge in [0.15, 0.2) is 5.65 Å². The summed E-state index contributed by atoms with van der Waals surface area (Å²) >= 11 is 5.51. The Bertz CT molecular complexity index is 803. The predicted molar refractivity (Wildman–Crippen MR) is 67.3 cm³/mol. The third kappa shape index (κ3) is 2.33. The zero-order chi connectivity index (χ0) is 15.0. The molecule has 10 heteroatoms. The Morgan fingerprint density at radius 1 is 1.24 bits per heavy atom. The summed E-state index contributed by atoms with van der Waals surface area (Å²) in [7, 11) is 0. The van der Waals surface area contributed by atoms with Gasteiger partial charge in [0.2, 0.25) is 11.5 Å². The highest BCUT2D eigenvalue weighted by atomic mass is 35.5. The van der Waals surface area contributed by atoms with Gasteiger partial charge < -0.3 is 4.74 Å². The molecule has 0 atom stereocenters. The summed E-state index contributed by atoms with van der Waals surface area (Å²) in [6, 6.07) is 3.08. The number of ether oxygens (including phenoxy) is 1. The molecule has 0 aliphatic rings. The maximum atomic E-state index is 13.0. The van der Waals surface area contributed by atoms with Gasteiger partial charge in [-0.25, -0.2) is 14.4 Å². The van der Waals surface area contributed by atoms with Crippen molar-refractivity contribution >= 4 is 28.4 Å². The fourth-order valence-corrected chi connectivity index (χ4v) is 1.92. The number of aromatic nitrogens is 5. The summed E-state index contributed by atoms with van der Waals surface area (Å²) < 4.78 is 45.1. The standard InChI is InChI=1S/C11H7ClF3N5O/c12-3-5-21-9-8-18-19-10(11(13,14)15)20(8)7-6(17-9)2-1-4-16-7/h1-2,4H,3,5H2. The van der Waals surface area contributed by atoms with E-state index in [-0.39, 0.29) is 35.2 Å². The summed E-state index contributed by atoms with van der Waals surface area (Å²) in [6.45, 7) is 0.0875. The van der Waals surface area contributed by atoms with E-state index < -0.39 is 12.0 Å².